The Kier molecular flexibility index (Phi) is 4.50. The van der Waals surface area contributed by atoms with Crippen molar-refractivity contribution in [1.82, 2.24) is 4.98 Å². The summed E-state index contributed by atoms with van der Waals surface area (Å²) < 4.78 is 0. The highest BCUT2D eigenvalue weighted by atomic mass is 35.5. The number of fused-ring (bicyclic) bond motifs is 1. The minimum Gasteiger partial charge on any atom is -0.391 e. The van der Waals surface area contributed by atoms with Crippen LogP contribution in [0.15, 0.2) is 30.5 Å². The highest BCUT2D eigenvalue weighted by molar-refractivity contribution is 5.85. The van der Waals surface area contributed by atoms with Gasteiger partial charge < -0.3 is 15.8 Å². The van der Waals surface area contributed by atoms with Gasteiger partial charge in [-0.2, -0.15) is 0 Å². The van der Waals surface area contributed by atoms with Gasteiger partial charge >= 0.3 is 0 Å². The molecular formula is C15H21ClN2O. The molecule has 19 heavy (non-hydrogen) atoms. The monoisotopic (exact) mass is 280 g/mol. The molecule has 1 aliphatic rings. The summed E-state index contributed by atoms with van der Waals surface area (Å²) in [4.78, 5) is 3.17. The number of aliphatic hydroxyl groups excluding tert-OH is 1. The molecule has 3 rings (SSSR count). The number of aromatic nitrogens is 1. The number of benzene rings is 1. The summed E-state index contributed by atoms with van der Waals surface area (Å²) in [6, 6.07) is 7.89. The van der Waals surface area contributed by atoms with Crippen LogP contribution in [0.3, 0.4) is 0 Å². The van der Waals surface area contributed by atoms with Gasteiger partial charge in [-0.3, -0.25) is 0 Å². The molecule has 2 atom stereocenters. The van der Waals surface area contributed by atoms with E-state index in [9.17, 15) is 5.11 Å². The summed E-state index contributed by atoms with van der Waals surface area (Å²) in [5.74, 6) is 0.377. The number of aliphatic hydroxyl groups is 1. The molecule has 104 valence electrons. The Hall–Kier alpha value is -1.03. The fraction of sp³-hybridized carbons (Fsp3) is 0.467. The first-order valence-electron chi connectivity index (χ1n) is 6.76. The molecule has 0 radical (unpaired) electrons. The van der Waals surface area contributed by atoms with E-state index in [1.807, 2.05) is 24.4 Å². The van der Waals surface area contributed by atoms with Gasteiger partial charge in [-0.25, -0.2) is 0 Å². The lowest BCUT2D eigenvalue weighted by Crippen LogP contribution is -2.31. The predicted octanol–water partition coefficient (Wildman–Crippen LogP) is 3.14. The number of nitrogens with two attached hydrogens (primary N) is 1. The van der Waals surface area contributed by atoms with Gasteiger partial charge in [-0.15, -0.1) is 12.4 Å². The summed E-state index contributed by atoms with van der Waals surface area (Å²) in [6.45, 7) is 0. The van der Waals surface area contributed by atoms with Crippen molar-refractivity contribution in [2.24, 2.45) is 11.7 Å². The molecule has 0 aliphatic heterocycles. The van der Waals surface area contributed by atoms with Crippen LogP contribution in [0.2, 0.25) is 0 Å². The first-order chi connectivity index (χ1) is 8.75. The topological polar surface area (TPSA) is 62.0 Å². The number of halogens is 1. The molecule has 1 aromatic carbocycles. The summed E-state index contributed by atoms with van der Waals surface area (Å²) in [5, 5.41) is 11.5. The molecule has 1 saturated carbocycles. The third-order valence-electron chi connectivity index (χ3n) is 4.21. The molecule has 0 amide bonds. The first kappa shape index (κ1) is 14.4. The quantitative estimate of drug-likeness (QED) is 0.809. The van der Waals surface area contributed by atoms with E-state index in [4.69, 9.17) is 5.73 Å². The van der Waals surface area contributed by atoms with Crippen LogP contribution >= 0.6 is 12.4 Å². The Labute approximate surface area is 119 Å². The number of H-pyrrole nitrogens is 1. The fourth-order valence-corrected chi connectivity index (χ4v) is 3.07. The number of rotatable bonds is 3. The van der Waals surface area contributed by atoms with Crippen LogP contribution in [-0.4, -0.2) is 16.2 Å². The van der Waals surface area contributed by atoms with Crippen LogP contribution < -0.4 is 5.73 Å². The first-order valence-corrected chi connectivity index (χ1v) is 6.76. The van der Waals surface area contributed by atoms with E-state index in [2.05, 4.69) is 11.1 Å². The van der Waals surface area contributed by atoms with Crippen molar-refractivity contribution in [2.75, 3.05) is 0 Å². The van der Waals surface area contributed by atoms with E-state index in [0.717, 1.165) is 29.3 Å². The van der Waals surface area contributed by atoms with Crippen molar-refractivity contribution in [3.63, 3.8) is 0 Å². The lowest BCUT2D eigenvalue weighted by molar-refractivity contribution is 0.0845. The van der Waals surface area contributed by atoms with Crippen molar-refractivity contribution < 1.29 is 5.11 Å². The molecule has 3 nitrogen and oxygen atoms in total. The van der Waals surface area contributed by atoms with Crippen molar-refractivity contribution in [2.45, 2.75) is 37.8 Å². The van der Waals surface area contributed by atoms with Gasteiger partial charge in [0.2, 0.25) is 0 Å². The average Bonchev–Trinajstić information content (AvgIpc) is 3.06. The van der Waals surface area contributed by atoms with Gasteiger partial charge in [0.05, 0.1) is 12.1 Å². The second-order valence-electron chi connectivity index (χ2n) is 5.39. The molecule has 4 N–H and O–H groups in total. The summed E-state index contributed by atoms with van der Waals surface area (Å²) in [7, 11) is 0. The molecular weight excluding hydrogens is 260 g/mol. The minimum absolute atomic E-state index is 0. The second-order valence-corrected chi connectivity index (χ2v) is 5.39. The molecule has 0 spiro atoms. The highest BCUT2D eigenvalue weighted by Crippen LogP contribution is 2.33. The average molecular weight is 281 g/mol. The fourth-order valence-electron chi connectivity index (χ4n) is 3.07. The van der Waals surface area contributed by atoms with E-state index in [-0.39, 0.29) is 18.4 Å². The van der Waals surface area contributed by atoms with Crippen LogP contribution in [0.25, 0.3) is 10.9 Å². The lowest BCUT2D eigenvalue weighted by Gasteiger charge is -2.24. The standard InChI is InChI=1S/C15H20N2O.ClH/c16-14(15(18)10-3-1-2-4-10)12-5-6-13-11(9-12)7-8-17-13;/h5-10,14-15,17-18H,1-4,16H2;1H/t14-,15+;/m0./s1. The molecule has 2 aromatic rings. The molecule has 1 fully saturated rings. The Morgan fingerprint density at radius 3 is 2.68 bits per heavy atom. The van der Waals surface area contributed by atoms with Gasteiger partial charge in [0.1, 0.15) is 0 Å². The van der Waals surface area contributed by atoms with Crippen LogP contribution in [0.4, 0.5) is 0 Å². The zero-order valence-electron chi connectivity index (χ0n) is 10.9. The molecule has 0 unspecified atom stereocenters. The molecule has 1 aliphatic carbocycles. The van der Waals surface area contributed by atoms with Gasteiger partial charge in [0.15, 0.2) is 0 Å². The van der Waals surface area contributed by atoms with Gasteiger partial charge in [0, 0.05) is 11.7 Å². The van der Waals surface area contributed by atoms with E-state index >= 15 is 0 Å². The van der Waals surface area contributed by atoms with Gasteiger partial charge in [-0.05, 0) is 47.9 Å². The lowest BCUT2D eigenvalue weighted by atomic mass is 9.90. The number of aromatic amines is 1. The largest absolute Gasteiger partial charge is 0.391 e. The minimum atomic E-state index is -0.413. The van der Waals surface area contributed by atoms with E-state index in [1.165, 1.54) is 12.8 Å². The van der Waals surface area contributed by atoms with E-state index in [1.54, 1.807) is 0 Å². The number of hydrogen-bond acceptors (Lipinski definition) is 2. The summed E-state index contributed by atoms with van der Waals surface area (Å²) in [6.07, 6.45) is 6.19. The van der Waals surface area contributed by atoms with Gasteiger partial charge in [0.25, 0.3) is 0 Å². The van der Waals surface area contributed by atoms with Crippen molar-refractivity contribution >= 4 is 23.3 Å². The van der Waals surface area contributed by atoms with Crippen molar-refractivity contribution in [1.29, 1.82) is 0 Å². The Balaban J connectivity index is 0.00000133. The van der Waals surface area contributed by atoms with E-state index in [0.29, 0.717) is 5.92 Å². The zero-order chi connectivity index (χ0) is 12.5. The number of hydrogen-bond donors (Lipinski definition) is 3. The third-order valence-corrected chi connectivity index (χ3v) is 4.21. The normalized spacial score (nSPS) is 19.3. The molecule has 4 heteroatoms. The Morgan fingerprint density at radius 2 is 1.95 bits per heavy atom. The molecule has 0 bridgehead atoms. The predicted molar refractivity (Wildman–Crippen MR) is 80.4 cm³/mol. The highest BCUT2D eigenvalue weighted by Gasteiger charge is 2.28. The van der Waals surface area contributed by atoms with Crippen molar-refractivity contribution in [3.05, 3.63) is 36.0 Å². The van der Waals surface area contributed by atoms with Crippen LogP contribution in [0.5, 0.6) is 0 Å². The second kappa shape index (κ2) is 5.95. The Morgan fingerprint density at radius 1 is 1.21 bits per heavy atom. The maximum Gasteiger partial charge on any atom is 0.0760 e. The molecule has 0 saturated heterocycles. The smallest absolute Gasteiger partial charge is 0.0760 e. The van der Waals surface area contributed by atoms with E-state index < -0.39 is 6.10 Å². The van der Waals surface area contributed by atoms with Crippen molar-refractivity contribution in [3.8, 4) is 0 Å². The van der Waals surface area contributed by atoms with Gasteiger partial charge in [-0.1, -0.05) is 18.9 Å². The molecule has 1 aromatic heterocycles. The Bertz CT molecular complexity index is 534. The summed E-state index contributed by atoms with van der Waals surface area (Å²) >= 11 is 0. The molecule has 1 heterocycles. The maximum atomic E-state index is 10.4. The summed E-state index contributed by atoms with van der Waals surface area (Å²) in [5.41, 5.74) is 8.36. The van der Waals surface area contributed by atoms with Crippen LogP contribution in [-0.2, 0) is 0 Å². The maximum absolute atomic E-state index is 10.4. The SMILES string of the molecule is Cl.N[C@@H](c1ccc2[nH]ccc2c1)[C@H](O)C1CCCC1. The van der Waals surface area contributed by atoms with Crippen LogP contribution in [0, 0.1) is 5.92 Å². The van der Waals surface area contributed by atoms with Crippen LogP contribution in [0.1, 0.15) is 37.3 Å². The zero-order valence-corrected chi connectivity index (χ0v) is 11.7. The number of nitrogens with one attached hydrogen (secondary N) is 1. The third kappa shape index (κ3) is 2.78.